The molecular formula is C27H38BrN3O4S. The fraction of sp³-hybridized carbons (Fsp3) is 0.481. The Balaban J connectivity index is 2.18. The summed E-state index contributed by atoms with van der Waals surface area (Å²) in [7, 11) is -3.52. The van der Waals surface area contributed by atoms with Crippen molar-refractivity contribution in [2.24, 2.45) is 0 Å². The Morgan fingerprint density at radius 2 is 1.67 bits per heavy atom. The molecule has 0 radical (unpaired) electrons. The maximum Gasteiger partial charge on any atom is 0.242 e. The van der Waals surface area contributed by atoms with Crippen LogP contribution in [0.5, 0.6) is 0 Å². The molecule has 36 heavy (non-hydrogen) atoms. The van der Waals surface area contributed by atoms with Crippen molar-refractivity contribution in [2.75, 3.05) is 17.1 Å². The largest absolute Gasteiger partial charge is 0.352 e. The van der Waals surface area contributed by atoms with Crippen LogP contribution in [-0.2, 0) is 26.2 Å². The Labute approximate surface area is 224 Å². The molecule has 0 aromatic heterocycles. The first-order chi connectivity index (χ1) is 16.8. The molecule has 0 fully saturated rings. The van der Waals surface area contributed by atoms with E-state index in [1.54, 1.807) is 17.9 Å². The third-order valence-electron chi connectivity index (χ3n) is 6.37. The summed E-state index contributed by atoms with van der Waals surface area (Å²) in [6.45, 7) is 10.0. The highest BCUT2D eigenvalue weighted by atomic mass is 79.9. The summed E-state index contributed by atoms with van der Waals surface area (Å²) < 4.78 is 27.3. The van der Waals surface area contributed by atoms with Crippen molar-refractivity contribution in [2.45, 2.75) is 72.5 Å². The lowest BCUT2D eigenvalue weighted by molar-refractivity contribution is -0.140. The number of aryl methyl sites for hydroxylation is 2. The number of halogens is 1. The van der Waals surface area contributed by atoms with Crippen molar-refractivity contribution < 1.29 is 18.0 Å². The van der Waals surface area contributed by atoms with Crippen LogP contribution in [0.2, 0.25) is 0 Å². The molecule has 2 rings (SSSR count). The second-order valence-electron chi connectivity index (χ2n) is 9.35. The summed E-state index contributed by atoms with van der Waals surface area (Å²) in [5.74, 6) is -0.402. The van der Waals surface area contributed by atoms with Gasteiger partial charge in [0, 0.05) is 30.0 Å². The van der Waals surface area contributed by atoms with E-state index in [9.17, 15) is 18.0 Å². The lowest BCUT2D eigenvalue weighted by Gasteiger charge is -2.30. The molecule has 0 bridgehead atoms. The Bertz CT molecular complexity index is 1150. The zero-order chi connectivity index (χ0) is 27.0. The number of carbonyl (C=O) groups is 2. The smallest absolute Gasteiger partial charge is 0.242 e. The van der Waals surface area contributed by atoms with Crippen LogP contribution >= 0.6 is 15.9 Å². The molecule has 1 N–H and O–H groups in total. The quantitative estimate of drug-likeness (QED) is 0.385. The highest BCUT2D eigenvalue weighted by Gasteiger charge is 2.27. The number of hydrogen-bond acceptors (Lipinski definition) is 4. The first-order valence-electron chi connectivity index (χ1n) is 12.2. The molecule has 2 aromatic rings. The molecule has 0 saturated carbocycles. The van der Waals surface area contributed by atoms with Crippen LogP contribution in [0.1, 0.15) is 56.7 Å². The van der Waals surface area contributed by atoms with Gasteiger partial charge in [-0.3, -0.25) is 13.9 Å². The number of amides is 2. The number of nitrogens with one attached hydrogen (secondary N) is 1. The summed E-state index contributed by atoms with van der Waals surface area (Å²) in [6, 6.07) is 12.5. The average Bonchev–Trinajstić information content (AvgIpc) is 2.81. The van der Waals surface area contributed by atoms with Gasteiger partial charge in [-0.25, -0.2) is 8.42 Å². The topological polar surface area (TPSA) is 86.8 Å². The van der Waals surface area contributed by atoms with Crippen molar-refractivity contribution in [1.82, 2.24) is 10.2 Å². The van der Waals surface area contributed by atoms with Crippen LogP contribution in [0.4, 0.5) is 5.69 Å². The van der Waals surface area contributed by atoms with Crippen LogP contribution in [0, 0.1) is 13.8 Å². The van der Waals surface area contributed by atoms with Crippen LogP contribution < -0.4 is 9.62 Å². The van der Waals surface area contributed by atoms with Crippen molar-refractivity contribution in [1.29, 1.82) is 0 Å². The van der Waals surface area contributed by atoms with Gasteiger partial charge in [0.05, 0.1) is 11.9 Å². The SMILES string of the molecule is CC[C@H](C)NC(=O)[C@H](C)N(Cc1ccc(Br)cc1)C(=O)CCCN(c1ccc(C)c(C)c1)S(C)(=O)=O. The predicted octanol–water partition coefficient (Wildman–Crippen LogP) is 4.94. The molecule has 2 atom stereocenters. The number of sulfonamides is 1. The molecule has 2 amide bonds. The number of carbonyl (C=O) groups excluding carboxylic acids is 2. The van der Waals surface area contributed by atoms with Crippen LogP contribution in [-0.4, -0.2) is 50.0 Å². The second kappa shape index (κ2) is 13.2. The Morgan fingerprint density at radius 1 is 1.03 bits per heavy atom. The van der Waals surface area contributed by atoms with E-state index in [1.165, 1.54) is 10.6 Å². The summed E-state index contributed by atoms with van der Waals surface area (Å²) >= 11 is 3.42. The van der Waals surface area contributed by atoms with Gasteiger partial charge in [0.15, 0.2) is 0 Å². The predicted molar refractivity (Wildman–Crippen MR) is 149 cm³/mol. The molecule has 0 heterocycles. The molecule has 0 spiro atoms. The first-order valence-corrected chi connectivity index (χ1v) is 14.9. The van der Waals surface area contributed by atoms with Crippen molar-refractivity contribution in [3.63, 3.8) is 0 Å². The Kier molecular flexibility index (Phi) is 11.0. The van der Waals surface area contributed by atoms with Gasteiger partial charge in [-0.05, 0) is 81.5 Å². The lowest BCUT2D eigenvalue weighted by atomic mass is 10.1. The first kappa shape index (κ1) is 29.8. The van der Waals surface area contributed by atoms with Gasteiger partial charge in [-0.2, -0.15) is 0 Å². The zero-order valence-corrected chi connectivity index (χ0v) is 24.4. The van der Waals surface area contributed by atoms with Crippen LogP contribution in [0.3, 0.4) is 0 Å². The molecule has 0 aliphatic rings. The van der Waals surface area contributed by atoms with E-state index in [2.05, 4.69) is 21.2 Å². The fourth-order valence-corrected chi connectivity index (χ4v) is 4.94. The maximum atomic E-state index is 13.4. The zero-order valence-electron chi connectivity index (χ0n) is 22.0. The number of anilines is 1. The van der Waals surface area contributed by atoms with Gasteiger partial charge in [0.2, 0.25) is 21.8 Å². The highest BCUT2D eigenvalue weighted by Crippen LogP contribution is 2.22. The van der Waals surface area contributed by atoms with E-state index in [4.69, 9.17) is 0 Å². The average molecular weight is 581 g/mol. The van der Waals surface area contributed by atoms with E-state index >= 15 is 0 Å². The van der Waals surface area contributed by atoms with Crippen molar-refractivity contribution >= 4 is 43.5 Å². The molecule has 0 aliphatic carbocycles. The number of hydrogen-bond donors (Lipinski definition) is 1. The lowest BCUT2D eigenvalue weighted by Crippen LogP contribution is -2.49. The summed E-state index contributed by atoms with van der Waals surface area (Å²) in [5, 5.41) is 2.96. The molecule has 2 aromatic carbocycles. The van der Waals surface area contributed by atoms with Gasteiger partial charge in [0.25, 0.3) is 0 Å². The minimum Gasteiger partial charge on any atom is -0.352 e. The van der Waals surface area contributed by atoms with E-state index in [1.807, 2.05) is 64.1 Å². The monoisotopic (exact) mass is 579 g/mol. The maximum absolute atomic E-state index is 13.4. The molecule has 0 unspecified atom stereocenters. The normalized spacial score (nSPS) is 13.1. The van der Waals surface area contributed by atoms with Crippen LogP contribution in [0.15, 0.2) is 46.9 Å². The van der Waals surface area contributed by atoms with E-state index in [0.717, 1.165) is 27.6 Å². The van der Waals surface area contributed by atoms with Crippen molar-refractivity contribution in [3.05, 3.63) is 63.6 Å². The third kappa shape index (κ3) is 8.62. The molecular weight excluding hydrogens is 542 g/mol. The molecule has 0 saturated heterocycles. The molecule has 198 valence electrons. The minimum absolute atomic E-state index is 0.00543. The molecule has 9 heteroatoms. The van der Waals surface area contributed by atoms with Crippen molar-refractivity contribution in [3.8, 4) is 0 Å². The minimum atomic E-state index is -3.52. The van der Waals surface area contributed by atoms with E-state index in [-0.39, 0.29) is 37.4 Å². The van der Waals surface area contributed by atoms with Gasteiger partial charge < -0.3 is 10.2 Å². The Hall–Kier alpha value is -2.39. The van der Waals surface area contributed by atoms with Gasteiger partial charge in [-0.1, -0.05) is 41.1 Å². The standard InChI is InChI=1S/C27H38BrN3O4S/c1-7-21(4)29-27(33)22(5)30(18-23-11-13-24(28)14-12-23)26(32)9-8-16-31(36(6,34)35)25-15-10-19(2)20(3)17-25/h10-15,17,21-22H,7-9,16,18H2,1-6H3,(H,29,33)/t21-,22-/m0/s1. The molecule has 0 aliphatic heterocycles. The number of benzene rings is 2. The summed E-state index contributed by atoms with van der Waals surface area (Å²) in [6.07, 6.45) is 2.41. The Morgan fingerprint density at radius 3 is 2.22 bits per heavy atom. The van der Waals surface area contributed by atoms with Gasteiger partial charge in [-0.15, -0.1) is 0 Å². The molecule has 7 nitrogen and oxygen atoms in total. The van der Waals surface area contributed by atoms with Crippen LogP contribution in [0.25, 0.3) is 0 Å². The number of nitrogens with zero attached hydrogens (tertiary/aromatic N) is 2. The van der Waals surface area contributed by atoms with E-state index in [0.29, 0.717) is 12.1 Å². The fourth-order valence-electron chi connectivity index (χ4n) is 3.72. The number of rotatable bonds is 12. The summed E-state index contributed by atoms with van der Waals surface area (Å²) in [5.41, 5.74) is 3.57. The third-order valence-corrected chi connectivity index (χ3v) is 8.09. The van der Waals surface area contributed by atoms with E-state index < -0.39 is 16.1 Å². The van der Waals surface area contributed by atoms with Gasteiger partial charge in [0.1, 0.15) is 6.04 Å². The highest BCUT2D eigenvalue weighted by molar-refractivity contribution is 9.10. The summed E-state index contributed by atoms with van der Waals surface area (Å²) in [4.78, 5) is 27.8. The van der Waals surface area contributed by atoms with Gasteiger partial charge >= 0.3 is 0 Å². The second-order valence-corrected chi connectivity index (χ2v) is 12.2.